The maximum Gasteiger partial charge on any atom is 0.271 e. The molecule has 0 aromatic carbocycles. The van der Waals surface area contributed by atoms with Gasteiger partial charge >= 0.3 is 0 Å². The quantitative estimate of drug-likeness (QED) is 0.836. The topological polar surface area (TPSA) is 70.7 Å². The van der Waals surface area contributed by atoms with Gasteiger partial charge in [0.25, 0.3) is 5.91 Å². The molecule has 1 amide bonds. The van der Waals surface area contributed by atoms with Crippen LogP contribution in [0.4, 0.5) is 0 Å². The number of hydrogen-bond donors (Lipinski definition) is 2. The number of thiazole rings is 1. The SMILES string of the molecule is Cc1cc(C(=O)NCCc2nccs2)n[nH]1. The van der Waals surface area contributed by atoms with Crippen molar-refractivity contribution in [1.82, 2.24) is 20.5 Å². The Kier molecular flexibility index (Phi) is 3.31. The summed E-state index contributed by atoms with van der Waals surface area (Å²) in [6.07, 6.45) is 2.52. The van der Waals surface area contributed by atoms with E-state index in [-0.39, 0.29) is 5.91 Å². The second-order valence-electron chi connectivity index (χ2n) is 3.37. The smallest absolute Gasteiger partial charge is 0.271 e. The molecular formula is C10H12N4OS. The van der Waals surface area contributed by atoms with Gasteiger partial charge in [-0.1, -0.05) is 0 Å². The van der Waals surface area contributed by atoms with Crippen LogP contribution < -0.4 is 5.32 Å². The molecule has 2 aromatic heterocycles. The molecule has 2 rings (SSSR count). The summed E-state index contributed by atoms with van der Waals surface area (Å²) >= 11 is 1.59. The first kappa shape index (κ1) is 10.8. The summed E-state index contributed by atoms with van der Waals surface area (Å²) in [5, 5.41) is 12.4. The standard InChI is InChI=1S/C10H12N4OS/c1-7-6-8(14-13-7)10(15)12-3-2-9-11-4-5-16-9/h4-6H,2-3H2,1H3,(H,12,15)(H,13,14). The summed E-state index contributed by atoms with van der Waals surface area (Å²) in [5.41, 5.74) is 1.31. The fourth-order valence-corrected chi connectivity index (χ4v) is 1.90. The molecule has 0 unspecified atom stereocenters. The summed E-state index contributed by atoms with van der Waals surface area (Å²) in [4.78, 5) is 15.7. The van der Waals surface area contributed by atoms with Crippen LogP contribution in [-0.4, -0.2) is 27.6 Å². The summed E-state index contributed by atoms with van der Waals surface area (Å²) < 4.78 is 0. The van der Waals surface area contributed by atoms with Gasteiger partial charge < -0.3 is 5.32 Å². The lowest BCUT2D eigenvalue weighted by Gasteiger charge is -2.00. The molecule has 0 saturated heterocycles. The van der Waals surface area contributed by atoms with Crippen molar-refractivity contribution in [3.63, 3.8) is 0 Å². The summed E-state index contributed by atoms with van der Waals surface area (Å²) in [7, 11) is 0. The summed E-state index contributed by atoms with van der Waals surface area (Å²) in [6, 6.07) is 1.72. The van der Waals surface area contributed by atoms with Gasteiger partial charge in [-0.25, -0.2) is 4.98 Å². The highest BCUT2D eigenvalue weighted by Crippen LogP contribution is 2.03. The van der Waals surface area contributed by atoms with Crippen molar-refractivity contribution < 1.29 is 4.79 Å². The number of H-pyrrole nitrogens is 1. The minimum absolute atomic E-state index is 0.152. The molecule has 6 heteroatoms. The molecule has 0 aliphatic heterocycles. The van der Waals surface area contributed by atoms with Crippen LogP contribution in [0.1, 0.15) is 21.2 Å². The van der Waals surface area contributed by atoms with Crippen LogP contribution in [0.3, 0.4) is 0 Å². The second kappa shape index (κ2) is 4.89. The number of carbonyl (C=O) groups excluding carboxylic acids is 1. The highest BCUT2D eigenvalue weighted by molar-refractivity contribution is 7.09. The van der Waals surface area contributed by atoms with Gasteiger partial charge in [-0.3, -0.25) is 9.89 Å². The molecule has 0 fully saturated rings. The van der Waals surface area contributed by atoms with E-state index in [1.165, 1.54) is 0 Å². The molecule has 5 nitrogen and oxygen atoms in total. The molecular weight excluding hydrogens is 224 g/mol. The van der Waals surface area contributed by atoms with Gasteiger partial charge in [0.2, 0.25) is 0 Å². The predicted molar refractivity (Wildman–Crippen MR) is 61.5 cm³/mol. The van der Waals surface area contributed by atoms with Gasteiger partial charge in [0.15, 0.2) is 0 Å². The first-order valence-electron chi connectivity index (χ1n) is 4.94. The highest BCUT2D eigenvalue weighted by atomic mass is 32.1. The Morgan fingerprint density at radius 3 is 3.12 bits per heavy atom. The van der Waals surface area contributed by atoms with Crippen molar-refractivity contribution in [2.45, 2.75) is 13.3 Å². The molecule has 0 aliphatic rings. The molecule has 0 aliphatic carbocycles. The van der Waals surface area contributed by atoms with Gasteiger partial charge in [-0.2, -0.15) is 5.10 Å². The van der Waals surface area contributed by atoms with Crippen LogP contribution in [0.25, 0.3) is 0 Å². The van der Waals surface area contributed by atoms with Crippen LogP contribution in [0.15, 0.2) is 17.6 Å². The maximum absolute atomic E-state index is 11.6. The third-order valence-corrected chi connectivity index (χ3v) is 2.89. The lowest BCUT2D eigenvalue weighted by molar-refractivity contribution is 0.0949. The van der Waals surface area contributed by atoms with E-state index in [1.807, 2.05) is 12.3 Å². The normalized spacial score (nSPS) is 10.3. The average Bonchev–Trinajstić information content (AvgIpc) is 2.89. The van der Waals surface area contributed by atoms with E-state index in [9.17, 15) is 4.79 Å². The Hall–Kier alpha value is -1.69. The van der Waals surface area contributed by atoms with Gasteiger partial charge in [-0.05, 0) is 13.0 Å². The molecule has 0 radical (unpaired) electrons. The molecule has 0 spiro atoms. The zero-order chi connectivity index (χ0) is 11.4. The second-order valence-corrected chi connectivity index (χ2v) is 4.35. The zero-order valence-electron chi connectivity index (χ0n) is 8.86. The van der Waals surface area contributed by atoms with Crippen molar-refractivity contribution in [2.24, 2.45) is 0 Å². The first-order valence-corrected chi connectivity index (χ1v) is 5.82. The Bertz CT molecular complexity index is 463. The molecule has 0 bridgehead atoms. The van der Waals surface area contributed by atoms with Crippen molar-refractivity contribution >= 4 is 17.2 Å². The highest BCUT2D eigenvalue weighted by Gasteiger charge is 2.08. The van der Waals surface area contributed by atoms with Gasteiger partial charge in [0.05, 0.1) is 5.01 Å². The monoisotopic (exact) mass is 236 g/mol. The van der Waals surface area contributed by atoms with Crippen LogP contribution in [0, 0.1) is 6.92 Å². The van der Waals surface area contributed by atoms with E-state index in [1.54, 1.807) is 23.6 Å². The molecule has 16 heavy (non-hydrogen) atoms. The number of hydrogen-bond acceptors (Lipinski definition) is 4. The molecule has 84 valence electrons. The number of amides is 1. The third kappa shape index (κ3) is 2.66. The largest absolute Gasteiger partial charge is 0.350 e. The predicted octanol–water partition coefficient (Wildman–Crippen LogP) is 1.15. The van der Waals surface area contributed by atoms with Gasteiger partial charge in [0.1, 0.15) is 5.69 Å². The van der Waals surface area contributed by atoms with E-state index in [2.05, 4.69) is 20.5 Å². The van der Waals surface area contributed by atoms with E-state index < -0.39 is 0 Å². The maximum atomic E-state index is 11.6. The van der Waals surface area contributed by atoms with Crippen molar-refractivity contribution in [3.8, 4) is 0 Å². The number of aryl methyl sites for hydroxylation is 1. The lowest BCUT2D eigenvalue weighted by atomic mass is 10.3. The Morgan fingerprint density at radius 1 is 1.62 bits per heavy atom. The van der Waals surface area contributed by atoms with Crippen LogP contribution in [0.5, 0.6) is 0 Å². The lowest BCUT2D eigenvalue weighted by Crippen LogP contribution is -2.25. The van der Waals surface area contributed by atoms with Crippen molar-refractivity contribution in [3.05, 3.63) is 34.0 Å². The van der Waals surface area contributed by atoms with Crippen molar-refractivity contribution in [1.29, 1.82) is 0 Å². The Balaban J connectivity index is 1.80. The Labute approximate surface area is 96.9 Å². The van der Waals surface area contributed by atoms with Gasteiger partial charge in [0, 0.05) is 30.2 Å². The molecule has 2 aromatic rings. The minimum Gasteiger partial charge on any atom is -0.350 e. The van der Waals surface area contributed by atoms with Crippen LogP contribution in [0.2, 0.25) is 0 Å². The van der Waals surface area contributed by atoms with E-state index in [0.29, 0.717) is 12.2 Å². The molecule has 0 atom stereocenters. The summed E-state index contributed by atoms with van der Waals surface area (Å²) in [6.45, 7) is 2.44. The number of rotatable bonds is 4. The molecule has 2 N–H and O–H groups in total. The zero-order valence-corrected chi connectivity index (χ0v) is 9.67. The van der Waals surface area contributed by atoms with E-state index >= 15 is 0 Å². The van der Waals surface area contributed by atoms with Crippen LogP contribution >= 0.6 is 11.3 Å². The fraction of sp³-hybridized carbons (Fsp3) is 0.300. The number of aromatic nitrogens is 3. The molecule has 2 heterocycles. The number of nitrogens with one attached hydrogen (secondary N) is 2. The number of carbonyl (C=O) groups is 1. The minimum atomic E-state index is -0.152. The van der Waals surface area contributed by atoms with Gasteiger partial charge in [-0.15, -0.1) is 11.3 Å². The average molecular weight is 236 g/mol. The van der Waals surface area contributed by atoms with E-state index in [0.717, 1.165) is 17.1 Å². The number of aromatic amines is 1. The fourth-order valence-electron chi connectivity index (χ4n) is 1.28. The number of nitrogens with zero attached hydrogens (tertiary/aromatic N) is 2. The Morgan fingerprint density at radius 2 is 2.50 bits per heavy atom. The first-order chi connectivity index (χ1) is 7.75. The molecule has 0 saturated carbocycles. The summed E-state index contributed by atoms with van der Waals surface area (Å²) in [5.74, 6) is -0.152. The van der Waals surface area contributed by atoms with Crippen LogP contribution in [-0.2, 0) is 6.42 Å². The third-order valence-electron chi connectivity index (χ3n) is 2.05. The van der Waals surface area contributed by atoms with Crippen molar-refractivity contribution in [2.75, 3.05) is 6.54 Å². The van der Waals surface area contributed by atoms with E-state index in [4.69, 9.17) is 0 Å².